The van der Waals surface area contributed by atoms with Crippen LogP contribution in [0.4, 0.5) is 22.0 Å². The van der Waals surface area contributed by atoms with Gasteiger partial charge in [-0.05, 0) is 0 Å². The molecular weight excluding hydrogens is 371 g/mol. The van der Waals surface area contributed by atoms with Crippen LogP contribution in [-0.2, 0) is 23.7 Å². The van der Waals surface area contributed by atoms with E-state index in [4.69, 9.17) is 18.9 Å². The quantitative estimate of drug-likeness (QED) is 0.110. The Morgan fingerprint density at radius 1 is 0.846 bits per heavy atom. The molecule has 1 unspecified atom stereocenters. The summed E-state index contributed by atoms with van der Waals surface area (Å²) in [5, 5.41) is 0. The predicted octanol–water partition coefficient (Wildman–Crippen LogP) is 2.33. The van der Waals surface area contributed by atoms with E-state index in [9.17, 15) is 26.7 Å². The van der Waals surface area contributed by atoms with Gasteiger partial charge in [0.05, 0.1) is 13.2 Å². The van der Waals surface area contributed by atoms with E-state index in [1.807, 2.05) is 0 Å². The minimum Gasteiger partial charge on any atom is -0.418 e. The molecule has 1 rings (SSSR count). The van der Waals surface area contributed by atoms with Crippen LogP contribution in [0, 0.1) is 29.1 Å². The predicted molar refractivity (Wildman–Crippen MR) is 75.9 cm³/mol. The first-order valence-electron chi connectivity index (χ1n) is 7.25. The van der Waals surface area contributed by atoms with Crippen molar-refractivity contribution < 1.29 is 50.4 Å². The largest absolute Gasteiger partial charge is 0.418 e. The highest BCUT2D eigenvalue weighted by Gasteiger charge is 2.31. The number of esters is 1. The normalized spacial score (nSPS) is 12.3. The van der Waals surface area contributed by atoms with Gasteiger partial charge in [-0.25, -0.2) is 18.0 Å². The lowest BCUT2D eigenvalue weighted by molar-refractivity contribution is -0.161. The molecule has 26 heavy (non-hydrogen) atoms. The monoisotopic (exact) mass is 388 g/mol. The molecule has 0 saturated carbocycles. The molecule has 0 aliphatic rings. The van der Waals surface area contributed by atoms with Crippen molar-refractivity contribution in [2.75, 3.05) is 40.8 Å². The van der Waals surface area contributed by atoms with Crippen LogP contribution in [0.25, 0.3) is 0 Å². The van der Waals surface area contributed by atoms with E-state index >= 15 is 0 Å². The first-order valence-corrected chi connectivity index (χ1v) is 7.25. The summed E-state index contributed by atoms with van der Waals surface area (Å²) >= 11 is 0. The molecule has 0 spiro atoms. The number of benzene rings is 1. The third-order valence-electron chi connectivity index (χ3n) is 3.00. The Hall–Kier alpha value is -1.82. The average Bonchev–Trinajstić information content (AvgIpc) is 2.64. The molecule has 0 N–H and O–H groups in total. The first-order chi connectivity index (χ1) is 12.3. The second-order valence-corrected chi connectivity index (χ2v) is 4.78. The van der Waals surface area contributed by atoms with Gasteiger partial charge in [0.1, 0.15) is 6.79 Å². The molecule has 1 aromatic rings. The van der Waals surface area contributed by atoms with Crippen LogP contribution in [0.1, 0.15) is 6.42 Å². The van der Waals surface area contributed by atoms with Crippen molar-refractivity contribution in [2.45, 2.75) is 12.5 Å². The van der Waals surface area contributed by atoms with Crippen LogP contribution in [0.3, 0.4) is 0 Å². The fraction of sp³-hybridized carbons (Fsp3) is 0.533. The van der Waals surface area contributed by atoms with E-state index in [1.165, 1.54) is 14.2 Å². The Balaban J connectivity index is 2.85. The van der Waals surface area contributed by atoms with Crippen LogP contribution in [0.15, 0.2) is 0 Å². The molecule has 1 atom stereocenters. The highest BCUT2D eigenvalue weighted by Crippen LogP contribution is 2.29. The van der Waals surface area contributed by atoms with Crippen LogP contribution >= 0.6 is 0 Å². The molecule has 6 nitrogen and oxygen atoms in total. The highest BCUT2D eigenvalue weighted by atomic mass is 19.2. The molecule has 11 heteroatoms. The fourth-order valence-electron chi connectivity index (χ4n) is 1.67. The van der Waals surface area contributed by atoms with Crippen molar-refractivity contribution in [3.8, 4) is 5.75 Å². The minimum absolute atomic E-state index is 0.00502. The molecule has 0 aromatic heterocycles. The zero-order valence-electron chi connectivity index (χ0n) is 14.0. The van der Waals surface area contributed by atoms with Gasteiger partial charge in [-0.3, -0.25) is 0 Å². The highest BCUT2D eigenvalue weighted by molar-refractivity contribution is 5.77. The summed E-state index contributed by atoms with van der Waals surface area (Å²) < 4.78 is 90.2. The Labute approximate surface area is 145 Å². The Morgan fingerprint density at radius 2 is 1.38 bits per heavy atom. The first kappa shape index (κ1) is 22.2. The third kappa shape index (κ3) is 5.87. The molecule has 0 radical (unpaired) electrons. The molecule has 0 aliphatic heterocycles. The number of halogens is 5. The van der Waals surface area contributed by atoms with Crippen LogP contribution < -0.4 is 4.74 Å². The molecule has 0 amide bonds. The third-order valence-corrected chi connectivity index (χ3v) is 3.00. The van der Waals surface area contributed by atoms with Gasteiger partial charge in [0.2, 0.25) is 34.8 Å². The smallest absolute Gasteiger partial charge is 0.341 e. The Bertz CT molecular complexity index is 584. The minimum atomic E-state index is -2.36. The lowest BCUT2D eigenvalue weighted by Crippen LogP contribution is -2.32. The number of rotatable bonds is 11. The van der Waals surface area contributed by atoms with Crippen molar-refractivity contribution in [1.29, 1.82) is 0 Å². The van der Waals surface area contributed by atoms with Gasteiger partial charge in [0, 0.05) is 27.2 Å². The molecule has 0 fully saturated rings. The van der Waals surface area contributed by atoms with Crippen molar-refractivity contribution in [1.82, 2.24) is 0 Å². The van der Waals surface area contributed by atoms with Gasteiger partial charge in [0.25, 0.3) is 0 Å². The maximum absolute atomic E-state index is 13.6. The number of hydrogen-bond acceptors (Lipinski definition) is 6. The lowest BCUT2D eigenvalue weighted by Gasteiger charge is -2.17. The second kappa shape index (κ2) is 11.0. The average molecular weight is 388 g/mol. The van der Waals surface area contributed by atoms with Crippen molar-refractivity contribution in [3.05, 3.63) is 29.1 Å². The van der Waals surface area contributed by atoms with E-state index in [1.54, 1.807) is 0 Å². The van der Waals surface area contributed by atoms with E-state index < -0.39 is 53.7 Å². The standard InChI is InChI=1S/C15H17F5O6/c1-22-4-3-8(25-7-24-6-5-23-2)15(21)26-14-12(19)10(17)9(16)11(18)13(14)20/h8H,3-7H2,1-2H3. The van der Waals surface area contributed by atoms with E-state index in [2.05, 4.69) is 4.74 Å². The van der Waals surface area contributed by atoms with Gasteiger partial charge < -0.3 is 23.7 Å². The summed E-state index contributed by atoms with van der Waals surface area (Å²) in [7, 11) is 2.76. The number of carbonyl (C=O) groups excluding carboxylic acids is 1. The topological polar surface area (TPSA) is 63.2 Å². The zero-order chi connectivity index (χ0) is 19.7. The SMILES string of the molecule is COCCOCOC(CCOC)C(=O)Oc1c(F)c(F)c(F)c(F)c1F. The van der Waals surface area contributed by atoms with Gasteiger partial charge in [-0.1, -0.05) is 0 Å². The maximum Gasteiger partial charge on any atom is 0.341 e. The molecule has 0 aliphatic carbocycles. The van der Waals surface area contributed by atoms with Crippen LogP contribution in [-0.4, -0.2) is 52.9 Å². The molecule has 0 saturated heterocycles. The number of hydrogen-bond donors (Lipinski definition) is 0. The van der Waals surface area contributed by atoms with Crippen molar-refractivity contribution in [3.63, 3.8) is 0 Å². The number of ether oxygens (including phenoxy) is 5. The molecule has 1 aromatic carbocycles. The van der Waals surface area contributed by atoms with E-state index in [-0.39, 0.29) is 26.2 Å². The van der Waals surface area contributed by atoms with Gasteiger partial charge in [0.15, 0.2) is 6.10 Å². The lowest BCUT2D eigenvalue weighted by atomic mass is 10.2. The Kier molecular flexibility index (Phi) is 9.41. The molecule has 148 valence electrons. The number of methoxy groups -OCH3 is 2. The molecular formula is C15H17F5O6. The molecule has 0 bridgehead atoms. The summed E-state index contributed by atoms with van der Waals surface area (Å²) in [6, 6.07) is 0. The summed E-state index contributed by atoms with van der Waals surface area (Å²) in [5.74, 6) is -14.4. The maximum atomic E-state index is 13.6. The molecule has 0 heterocycles. The summed E-state index contributed by atoms with van der Waals surface area (Å²) in [6.07, 6.45) is -1.54. The summed E-state index contributed by atoms with van der Waals surface area (Å²) in [6.45, 7) is -0.0137. The van der Waals surface area contributed by atoms with E-state index in [0.717, 1.165) is 0 Å². The number of carbonyl (C=O) groups is 1. The summed E-state index contributed by atoms with van der Waals surface area (Å²) in [4.78, 5) is 12.0. The van der Waals surface area contributed by atoms with Gasteiger partial charge in [-0.15, -0.1) is 0 Å². The summed E-state index contributed by atoms with van der Waals surface area (Å²) in [5.41, 5.74) is 0. The van der Waals surface area contributed by atoms with Gasteiger partial charge >= 0.3 is 5.97 Å². The fourth-order valence-corrected chi connectivity index (χ4v) is 1.67. The second-order valence-electron chi connectivity index (χ2n) is 4.78. The zero-order valence-corrected chi connectivity index (χ0v) is 14.0. The van der Waals surface area contributed by atoms with E-state index in [0.29, 0.717) is 0 Å². The van der Waals surface area contributed by atoms with Crippen molar-refractivity contribution in [2.24, 2.45) is 0 Å². The van der Waals surface area contributed by atoms with Crippen molar-refractivity contribution >= 4 is 5.97 Å². The van der Waals surface area contributed by atoms with Crippen LogP contribution in [0.2, 0.25) is 0 Å². The van der Waals surface area contributed by atoms with Crippen LogP contribution in [0.5, 0.6) is 5.75 Å². The van der Waals surface area contributed by atoms with Gasteiger partial charge in [-0.2, -0.15) is 8.78 Å². The Morgan fingerprint density at radius 3 is 1.92 bits per heavy atom.